The molecule has 0 saturated carbocycles. The van der Waals surface area contributed by atoms with E-state index in [1.807, 2.05) is 20.0 Å². The lowest BCUT2D eigenvalue weighted by molar-refractivity contribution is 0.123. The number of piperidine rings is 1. The molecule has 4 heteroatoms. The van der Waals surface area contributed by atoms with Crippen LogP contribution in [-0.2, 0) is 0 Å². The lowest BCUT2D eigenvalue weighted by Gasteiger charge is -2.32. The van der Waals surface area contributed by atoms with Crippen LogP contribution < -0.4 is 10.1 Å². The summed E-state index contributed by atoms with van der Waals surface area (Å²) in [5.74, 6) is 0.0825. The minimum Gasteiger partial charge on any atom is -0.489 e. The van der Waals surface area contributed by atoms with Gasteiger partial charge in [0, 0.05) is 12.1 Å². The second-order valence-corrected chi connectivity index (χ2v) is 5.64. The van der Waals surface area contributed by atoms with Crippen molar-refractivity contribution in [2.75, 3.05) is 27.2 Å². The van der Waals surface area contributed by atoms with Crippen molar-refractivity contribution in [2.45, 2.75) is 38.3 Å². The molecule has 2 unspecified atom stereocenters. The maximum absolute atomic E-state index is 14.0. The molecular formula is C16H25FN2O. The molecule has 1 aliphatic rings. The summed E-state index contributed by atoms with van der Waals surface area (Å²) in [6.45, 7) is 3.68. The summed E-state index contributed by atoms with van der Waals surface area (Å²) in [6, 6.07) is 5.76. The Labute approximate surface area is 121 Å². The molecule has 2 rings (SSSR count). The Morgan fingerprint density at radius 3 is 2.90 bits per heavy atom. The van der Waals surface area contributed by atoms with Crippen LogP contribution in [0.25, 0.3) is 0 Å². The first kappa shape index (κ1) is 15.3. The first-order valence-corrected chi connectivity index (χ1v) is 7.41. The van der Waals surface area contributed by atoms with Gasteiger partial charge in [-0.15, -0.1) is 0 Å². The first-order chi connectivity index (χ1) is 9.61. The molecular weight excluding hydrogens is 255 g/mol. The average Bonchev–Trinajstić information content (AvgIpc) is 2.46. The summed E-state index contributed by atoms with van der Waals surface area (Å²) < 4.78 is 19.7. The van der Waals surface area contributed by atoms with Crippen molar-refractivity contribution in [3.8, 4) is 5.75 Å². The maximum atomic E-state index is 14.0. The fourth-order valence-corrected chi connectivity index (χ4v) is 2.61. The zero-order valence-corrected chi connectivity index (χ0v) is 12.7. The minimum atomic E-state index is -0.275. The normalized spacial score (nSPS) is 21.7. The predicted molar refractivity (Wildman–Crippen MR) is 79.6 cm³/mol. The van der Waals surface area contributed by atoms with Gasteiger partial charge in [-0.3, -0.25) is 0 Å². The molecule has 1 heterocycles. The van der Waals surface area contributed by atoms with E-state index in [1.165, 1.54) is 12.8 Å². The second kappa shape index (κ2) is 7.04. The standard InChI is InChI=1S/C16H25FN2O/c1-12(18-2)13-7-8-16(15(17)10-13)20-11-14-6-4-5-9-19(14)3/h7-8,10,12,14,18H,4-6,9,11H2,1-3H3. The zero-order chi connectivity index (χ0) is 14.5. The summed E-state index contributed by atoms with van der Waals surface area (Å²) in [4.78, 5) is 2.30. The van der Waals surface area contributed by atoms with Crippen molar-refractivity contribution in [1.29, 1.82) is 0 Å². The lowest BCUT2D eigenvalue weighted by atomic mass is 10.0. The molecule has 0 amide bonds. The molecule has 0 radical (unpaired) electrons. The third kappa shape index (κ3) is 3.70. The van der Waals surface area contributed by atoms with Crippen molar-refractivity contribution in [2.24, 2.45) is 0 Å². The lowest BCUT2D eigenvalue weighted by Crippen LogP contribution is -2.40. The fraction of sp³-hybridized carbons (Fsp3) is 0.625. The molecule has 1 N–H and O–H groups in total. The van der Waals surface area contributed by atoms with Crippen LogP contribution >= 0.6 is 0 Å². The molecule has 1 saturated heterocycles. The molecule has 20 heavy (non-hydrogen) atoms. The van der Waals surface area contributed by atoms with Crippen LogP contribution in [0.3, 0.4) is 0 Å². The molecule has 1 aromatic rings. The number of benzene rings is 1. The van der Waals surface area contributed by atoms with Crippen LogP contribution in [-0.4, -0.2) is 38.2 Å². The quantitative estimate of drug-likeness (QED) is 0.897. The predicted octanol–water partition coefficient (Wildman–Crippen LogP) is 2.97. The highest BCUT2D eigenvalue weighted by molar-refractivity contribution is 5.30. The number of likely N-dealkylation sites (tertiary alicyclic amines) is 1. The third-order valence-electron chi connectivity index (χ3n) is 4.24. The summed E-state index contributed by atoms with van der Waals surface area (Å²) in [7, 11) is 3.98. The molecule has 3 nitrogen and oxygen atoms in total. The highest BCUT2D eigenvalue weighted by Gasteiger charge is 2.20. The number of ether oxygens (including phenoxy) is 1. The van der Waals surface area contributed by atoms with Gasteiger partial charge >= 0.3 is 0 Å². The van der Waals surface area contributed by atoms with Gasteiger partial charge in [0.2, 0.25) is 0 Å². The van der Waals surface area contributed by atoms with Crippen molar-refractivity contribution >= 4 is 0 Å². The Hall–Kier alpha value is -1.13. The Morgan fingerprint density at radius 2 is 2.25 bits per heavy atom. The van der Waals surface area contributed by atoms with Crippen LogP contribution in [0.4, 0.5) is 4.39 Å². The number of halogens is 1. The van der Waals surface area contributed by atoms with E-state index in [9.17, 15) is 4.39 Å². The maximum Gasteiger partial charge on any atom is 0.165 e. The summed E-state index contributed by atoms with van der Waals surface area (Å²) in [6.07, 6.45) is 3.62. The summed E-state index contributed by atoms with van der Waals surface area (Å²) >= 11 is 0. The SMILES string of the molecule is CNC(C)c1ccc(OCC2CCCCN2C)c(F)c1. The van der Waals surface area contributed by atoms with Crippen LogP contribution in [0.1, 0.15) is 37.8 Å². The van der Waals surface area contributed by atoms with Gasteiger partial charge in [0.1, 0.15) is 6.61 Å². The smallest absolute Gasteiger partial charge is 0.165 e. The number of hydrogen-bond acceptors (Lipinski definition) is 3. The van der Waals surface area contributed by atoms with E-state index < -0.39 is 0 Å². The van der Waals surface area contributed by atoms with Crippen molar-refractivity contribution in [1.82, 2.24) is 10.2 Å². The van der Waals surface area contributed by atoms with E-state index in [0.29, 0.717) is 18.4 Å². The second-order valence-electron chi connectivity index (χ2n) is 5.64. The van der Waals surface area contributed by atoms with Gasteiger partial charge < -0.3 is 15.0 Å². The molecule has 0 spiro atoms. The number of nitrogens with zero attached hydrogens (tertiary/aromatic N) is 1. The first-order valence-electron chi connectivity index (χ1n) is 7.41. The number of hydrogen-bond donors (Lipinski definition) is 1. The van der Waals surface area contributed by atoms with Gasteiger partial charge in [-0.2, -0.15) is 0 Å². The largest absolute Gasteiger partial charge is 0.489 e. The monoisotopic (exact) mass is 280 g/mol. The molecule has 0 aromatic heterocycles. The Morgan fingerprint density at radius 1 is 1.45 bits per heavy atom. The van der Waals surface area contributed by atoms with Gasteiger partial charge in [-0.05, 0) is 58.1 Å². The zero-order valence-electron chi connectivity index (χ0n) is 12.7. The van der Waals surface area contributed by atoms with Gasteiger partial charge in [-0.1, -0.05) is 12.5 Å². The average molecular weight is 280 g/mol. The molecule has 1 aliphatic heterocycles. The number of rotatable bonds is 5. The van der Waals surface area contributed by atoms with Gasteiger partial charge in [0.15, 0.2) is 11.6 Å². The fourth-order valence-electron chi connectivity index (χ4n) is 2.61. The highest BCUT2D eigenvalue weighted by atomic mass is 19.1. The van der Waals surface area contributed by atoms with Gasteiger partial charge in [-0.25, -0.2) is 4.39 Å². The molecule has 1 fully saturated rings. The van der Waals surface area contributed by atoms with E-state index in [4.69, 9.17) is 4.74 Å². The van der Waals surface area contributed by atoms with Crippen LogP contribution in [0.2, 0.25) is 0 Å². The molecule has 1 aromatic carbocycles. The highest BCUT2D eigenvalue weighted by Crippen LogP contribution is 2.23. The summed E-state index contributed by atoms with van der Waals surface area (Å²) in [5, 5.41) is 3.10. The van der Waals surface area contributed by atoms with Crippen molar-refractivity contribution < 1.29 is 9.13 Å². The van der Waals surface area contributed by atoms with Crippen LogP contribution in [0.5, 0.6) is 5.75 Å². The van der Waals surface area contributed by atoms with Crippen molar-refractivity contribution in [3.63, 3.8) is 0 Å². The number of likely N-dealkylation sites (N-methyl/N-ethyl adjacent to an activating group) is 1. The Balaban J connectivity index is 1.96. The summed E-state index contributed by atoms with van der Waals surface area (Å²) in [5.41, 5.74) is 0.937. The van der Waals surface area contributed by atoms with Gasteiger partial charge in [0.05, 0.1) is 0 Å². The third-order valence-corrected chi connectivity index (χ3v) is 4.24. The van der Waals surface area contributed by atoms with Gasteiger partial charge in [0.25, 0.3) is 0 Å². The number of nitrogens with one attached hydrogen (secondary N) is 1. The Kier molecular flexibility index (Phi) is 5.38. The molecule has 0 aliphatic carbocycles. The molecule has 2 atom stereocenters. The van der Waals surface area contributed by atoms with E-state index in [-0.39, 0.29) is 11.9 Å². The molecule has 0 bridgehead atoms. The van der Waals surface area contributed by atoms with E-state index >= 15 is 0 Å². The van der Waals surface area contributed by atoms with E-state index in [0.717, 1.165) is 18.5 Å². The van der Waals surface area contributed by atoms with Crippen LogP contribution in [0, 0.1) is 5.82 Å². The minimum absolute atomic E-state index is 0.142. The van der Waals surface area contributed by atoms with Crippen molar-refractivity contribution in [3.05, 3.63) is 29.6 Å². The topological polar surface area (TPSA) is 24.5 Å². The van der Waals surface area contributed by atoms with E-state index in [1.54, 1.807) is 12.1 Å². The van der Waals surface area contributed by atoms with Crippen LogP contribution in [0.15, 0.2) is 18.2 Å². The van der Waals surface area contributed by atoms with E-state index in [2.05, 4.69) is 17.3 Å². The molecule has 112 valence electrons. The Bertz CT molecular complexity index is 438.